The number of hydrogen-bond donors (Lipinski definition) is 1. The van der Waals surface area contributed by atoms with Crippen LogP contribution in [0.4, 0.5) is 0 Å². The first kappa shape index (κ1) is 16.3. The highest BCUT2D eigenvalue weighted by Crippen LogP contribution is 2.37. The molecule has 0 radical (unpaired) electrons. The number of benzene rings is 1. The fourth-order valence-electron chi connectivity index (χ4n) is 3.25. The van der Waals surface area contributed by atoms with Gasteiger partial charge in [0.25, 0.3) is 0 Å². The number of methoxy groups -OCH3 is 1. The Labute approximate surface area is 127 Å². The van der Waals surface area contributed by atoms with Crippen LogP contribution in [0.3, 0.4) is 0 Å². The third-order valence-electron chi connectivity index (χ3n) is 4.69. The second-order valence-electron chi connectivity index (χ2n) is 5.85. The molecule has 4 nitrogen and oxygen atoms in total. The average Bonchev–Trinajstić information content (AvgIpc) is 2.54. The largest absolute Gasteiger partial charge is 0.497 e. The molecule has 1 aliphatic carbocycles. The van der Waals surface area contributed by atoms with Crippen LogP contribution in [0.25, 0.3) is 0 Å². The van der Waals surface area contributed by atoms with Crippen molar-refractivity contribution in [2.24, 2.45) is 17.6 Å². The Morgan fingerprint density at radius 3 is 2.71 bits per heavy atom. The minimum atomic E-state index is -3.36. The van der Waals surface area contributed by atoms with Gasteiger partial charge in [0.15, 0.2) is 9.84 Å². The summed E-state index contributed by atoms with van der Waals surface area (Å²) in [6.45, 7) is 2.56. The molecular weight excluding hydrogens is 286 g/mol. The number of nitrogens with two attached hydrogens (primary N) is 1. The van der Waals surface area contributed by atoms with Crippen LogP contribution in [0.5, 0.6) is 5.75 Å². The van der Waals surface area contributed by atoms with Crippen molar-refractivity contribution < 1.29 is 13.2 Å². The van der Waals surface area contributed by atoms with E-state index < -0.39 is 9.84 Å². The third-order valence-corrected chi connectivity index (χ3v) is 6.97. The van der Waals surface area contributed by atoms with E-state index in [1.54, 1.807) is 31.4 Å². The molecule has 5 heteroatoms. The maximum Gasteiger partial charge on any atom is 0.181 e. The van der Waals surface area contributed by atoms with Gasteiger partial charge in [0.05, 0.1) is 17.3 Å². The molecule has 1 saturated carbocycles. The predicted octanol–water partition coefficient (Wildman–Crippen LogP) is 2.62. The van der Waals surface area contributed by atoms with Crippen molar-refractivity contribution in [2.75, 3.05) is 13.7 Å². The summed E-state index contributed by atoms with van der Waals surface area (Å²) in [6, 6.07) is 6.75. The lowest BCUT2D eigenvalue weighted by Crippen LogP contribution is -2.39. The first-order valence-corrected chi connectivity index (χ1v) is 9.15. The molecule has 0 spiro atoms. The van der Waals surface area contributed by atoms with E-state index in [1.165, 1.54) is 0 Å². The molecule has 0 aliphatic heterocycles. The molecule has 0 heterocycles. The molecule has 118 valence electrons. The molecule has 0 saturated heterocycles. The topological polar surface area (TPSA) is 69.4 Å². The van der Waals surface area contributed by atoms with Crippen LogP contribution in [0.1, 0.15) is 32.6 Å². The molecule has 1 aromatic carbocycles. The van der Waals surface area contributed by atoms with Gasteiger partial charge in [0.1, 0.15) is 5.75 Å². The maximum absolute atomic E-state index is 13.0. The number of sulfone groups is 1. The third kappa shape index (κ3) is 3.40. The van der Waals surface area contributed by atoms with Gasteiger partial charge in [-0.25, -0.2) is 8.42 Å². The van der Waals surface area contributed by atoms with Crippen molar-refractivity contribution in [1.82, 2.24) is 0 Å². The smallest absolute Gasteiger partial charge is 0.181 e. The van der Waals surface area contributed by atoms with Crippen LogP contribution in [0.15, 0.2) is 29.2 Å². The van der Waals surface area contributed by atoms with Gasteiger partial charge < -0.3 is 10.5 Å². The minimum Gasteiger partial charge on any atom is -0.497 e. The Balaban J connectivity index is 2.34. The Bertz CT molecular complexity index is 571. The lowest BCUT2D eigenvalue weighted by Gasteiger charge is -2.34. The zero-order valence-corrected chi connectivity index (χ0v) is 13.6. The summed E-state index contributed by atoms with van der Waals surface area (Å²) in [5, 5.41) is -0.367. The molecule has 2 N–H and O–H groups in total. The summed E-state index contributed by atoms with van der Waals surface area (Å²) in [6.07, 6.45) is 3.74. The van der Waals surface area contributed by atoms with Gasteiger partial charge in [-0.1, -0.05) is 25.8 Å². The second kappa shape index (κ2) is 6.79. The quantitative estimate of drug-likeness (QED) is 0.907. The van der Waals surface area contributed by atoms with Crippen molar-refractivity contribution in [3.8, 4) is 5.75 Å². The summed E-state index contributed by atoms with van der Waals surface area (Å²) >= 11 is 0. The van der Waals surface area contributed by atoms with Crippen LogP contribution >= 0.6 is 0 Å². The van der Waals surface area contributed by atoms with Crippen LogP contribution in [0, 0.1) is 11.8 Å². The fourth-order valence-corrected chi connectivity index (χ4v) is 5.43. The van der Waals surface area contributed by atoms with Crippen molar-refractivity contribution in [2.45, 2.75) is 42.8 Å². The first-order valence-electron chi connectivity index (χ1n) is 7.61. The molecule has 1 fully saturated rings. The fraction of sp³-hybridized carbons (Fsp3) is 0.625. The van der Waals surface area contributed by atoms with Gasteiger partial charge in [-0.3, -0.25) is 0 Å². The number of ether oxygens (including phenoxy) is 1. The van der Waals surface area contributed by atoms with Gasteiger partial charge >= 0.3 is 0 Å². The molecular formula is C16H25NO3S. The van der Waals surface area contributed by atoms with Gasteiger partial charge in [0.2, 0.25) is 0 Å². The Kier molecular flexibility index (Phi) is 5.27. The van der Waals surface area contributed by atoms with E-state index in [0.717, 1.165) is 25.7 Å². The lowest BCUT2D eigenvalue weighted by molar-refractivity contribution is 0.275. The van der Waals surface area contributed by atoms with Crippen molar-refractivity contribution >= 4 is 9.84 Å². The first-order chi connectivity index (χ1) is 10.0. The summed E-state index contributed by atoms with van der Waals surface area (Å²) in [5.41, 5.74) is 5.82. The highest BCUT2D eigenvalue weighted by atomic mass is 32.2. The summed E-state index contributed by atoms with van der Waals surface area (Å²) in [7, 11) is -1.82. The Morgan fingerprint density at radius 2 is 2.10 bits per heavy atom. The summed E-state index contributed by atoms with van der Waals surface area (Å²) in [5.74, 6) is 1.12. The average molecular weight is 311 g/mol. The van der Waals surface area contributed by atoms with Gasteiger partial charge in [-0.15, -0.1) is 0 Å². The molecule has 0 bridgehead atoms. The maximum atomic E-state index is 13.0. The van der Waals surface area contributed by atoms with E-state index in [0.29, 0.717) is 23.1 Å². The van der Waals surface area contributed by atoms with Crippen LogP contribution in [-0.4, -0.2) is 27.3 Å². The normalized spacial score (nSPS) is 26.5. The van der Waals surface area contributed by atoms with Crippen molar-refractivity contribution in [3.63, 3.8) is 0 Å². The number of rotatable bonds is 5. The van der Waals surface area contributed by atoms with E-state index in [1.807, 2.05) is 0 Å². The highest BCUT2D eigenvalue weighted by Gasteiger charge is 2.38. The van der Waals surface area contributed by atoms with Crippen LogP contribution < -0.4 is 10.5 Å². The van der Waals surface area contributed by atoms with E-state index in [4.69, 9.17) is 10.5 Å². The Hall–Kier alpha value is -1.07. The minimum absolute atomic E-state index is 0.0593. The van der Waals surface area contributed by atoms with E-state index in [2.05, 4.69) is 6.92 Å². The summed E-state index contributed by atoms with van der Waals surface area (Å²) in [4.78, 5) is 0.349. The van der Waals surface area contributed by atoms with Gasteiger partial charge in [0, 0.05) is 0 Å². The van der Waals surface area contributed by atoms with E-state index >= 15 is 0 Å². The lowest BCUT2D eigenvalue weighted by atomic mass is 9.80. The standard InChI is InChI=1S/C16H25NO3S/c1-3-12-7-8-13(11-17)16(9-12)21(18,19)15-6-4-5-14(10-15)20-2/h4-6,10,12-13,16H,3,7-9,11,17H2,1-2H3. The number of hydrogen-bond acceptors (Lipinski definition) is 4. The summed E-state index contributed by atoms with van der Waals surface area (Å²) < 4.78 is 31.1. The van der Waals surface area contributed by atoms with Crippen molar-refractivity contribution in [1.29, 1.82) is 0 Å². The van der Waals surface area contributed by atoms with Crippen molar-refractivity contribution in [3.05, 3.63) is 24.3 Å². The molecule has 3 unspecified atom stereocenters. The Morgan fingerprint density at radius 1 is 1.33 bits per heavy atom. The molecule has 1 aromatic rings. The van der Waals surface area contributed by atoms with E-state index in [9.17, 15) is 8.42 Å². The molecule has 21 heavy (non-hydrogen) atoms. The van der Waals surface area contributed by atoms with Crippen LogP contribution in [-0.2, 0) is 9.84 Å². The molecule has 3 atom stereocenters. The molecule has 0 amide bonds. The highest BCUT2D eigenvalue weighted by molar-refractivity contribution is 7.92. The van der Waals surface area contributed by atoms with Crippen LogP contribution in [0.2, 0.25) is 0 Å². The van der Waals surface area contributed by atoms with E-state index in [-0.39, 0.29) is 11.2 Å². The van der Waals surface area contributed by atoms with Gasteiger partial charge in [-0.05, 0) is 49.4 Å². The second-order valence-corrected chi connectivity index (χ2v) is 8.01. The molecule has 0 aromatic heterocycles. The monoisotopic (exact) mass is 311 g/mol. The predicted molar refractivity (Wildman–Crippen MR) is 84.1 cm³/mol. The van der Waals surface area contributed by atoms with Gasteiger partial charge in [-0.2, -0.15) is 0 Å². The molecule has 2 rings (SSSR count). The SMILES string of the molecule is CCC1CCC(CN)C(S(=O)(=O)c2cccc(OC)c2)C1. The zero-order chi connectivity index (χ0) is 15.5. The zero-order valence-electron chi connectivity index (χ0n) is 12.8. The molecule has 1 aliphatic rings.